The van der Waals surface area contributed by atoms with Gasteiger partial charge in [-0.1, -0.05) is 356 Å². The second-order valence-electron chi connectivity index (χ2n) is 28.8. The summed E-state index contributed by atoms with van der Waals surface area (Å²) in [5.41, 5.74) is 0. The summed E-state index contributed by atoms with van der Waals surface area (Å²) in [7, 11) is -9.91. The molecule has 0 aromatic carbocycles. The second kappa shape index (κ2) is 69.8. The molecule has 97 heavy (non-hydrogen) atoms. The van der Waals surface area contributed by atoms with Crippen LogP contribution in [0.5, 0.6) is 0 Å². The number of hydrogen-bond donors (Lipinski definition) is 3. The summed E-state index contributed by atoms with van der Waals surface area (Å²) in [5, 5.41) is 10.6. The van der Waals surface area contributed by atoms with E-state index in [1.165, 1.54) is 225 Å². The van der Waals surface area contributed by atoms with Gasteiger partial charge >= 0.3 is 39.5 Å². The van der Waals surface area contributed by atoms with Crippen molar-refractivity contribution in [2.24, 2.45) is 11.8 Å². The summed E-state index contributed by atoms with van der Waals surface area (Å²) in [4.78, 5) is 72.9. The Hall–Kier alpha value is -1.94. The van der Waals surface area contributed by atoms with Crippen molar-refractivity contribution in [1.82, 2.24) is 0 Å². The summed E-state index contributed by atoms with van der Waals surface area (Å²) in [6.07, 6.45) is 58.1. The van der Waals surface area contributed by atoms with Gasteiger partial charge in [-0.3, -0.25) is 37.3 Å². The number of ether oxygens (including phenoxy) is 4. The maximum atomic E-state index is 13.1. The molecule has 0 radical (unpaired) electrons. The third-order valence-corrected chi connectivity index (χ3v) is 20.5. The van der Waals surface area contributed by atoms with Crippen molar-refractivity contribution in [3.05, 3.63) is 0 Å². The van der Waals surface area contributed by atoms with Crippen molar-refractivity contribution in [3.63, 3.8) is 0 Å². The molecule has 0 saturated carbocycles. The Kier molecular flexibility index (Phi) is 68.4. The van der Waals surface area contributed by atoms with Crippen LogP contribution in [0.2, 0.25) is 0 Å². The summed E-state index contributed by atoms with van der Waals surface area (Å²) in [6, 6.07) is 0. The summed E-state index contributed by atoms with van der Waals surface area (Å²) < 4.78 is 68.6. The Bertz CT molecular complexity index is 1870. The molecular weight excluding hydrogens is 1270 g/mol. The van der Waals surface area contributed by atoms with Gasteiger partial charge in [0.05, 0.1) is 26.4 Å². The highest BCUT2D eigenvalue weighted by molar-refractivity contribution is 7.47. The first kappa shape index (κ1) is 95.1. The molecule has 0 spiro atoms. The first-order chi connectivity index (χ1) is 46.9. The zero-order chi connectivity index (χ0) is 71.4. The normalized spacial score (nSPS) is 14.2. The van der Waals surface area contributed by atoms with Gasteiger partial charge in [-0.05, 0) is 37.5 Å². The van der Waals surface area contributed by atoms with E-state index in [4.69, 9.17) is 37.0 Å². The minimum absolute atomic E-state index is 0.107. The SMILES string of the molecule is CCCCCCCCCCCCCCCCCCCCC(=O)O[C@H](COC(=O)CCCCCCCCCCCCCCC(C)C)COP(=O)(O)OC[C@@H](O)COP(=O)(O)OC[C@@H](COC(=O)CCCCCCCCCCCC)OC(=O)CCCCCCCCCCCCC(C)CC. The molecule has 3 unspecified atom stereocenters. The lowest BCUT2D eigenvalue weighted by Crippen LogP contribution is -2.30. The van der Waals surface area contributed by atoms with E-state index in [0.717, 1.165) is 102 Å². The fourth-order valence-electron chi connectivity index (χ4n) is 12.0. The van der Waals surface area contributed by atoms with Crippen molar-refractivity contribution < 1.29 is 80.2 Å². The first-order valence-electron chi connectivity index (χ1n) is 40.5. The van der Waals surface area contributed by atoms with Gasteiger partial charge in [-0.15, -0.1) is 0 Å². The number of aliphatic hydroxyl groups is 1. The monoisotopic (exact) mass is 1420 g/mol. The van der Waals surface area contributed by atoms with E-state index in [-0.39, 0.29) is 25.7 Å². The zero-order valence-electron chi connectivity index (χ0n) is 63.4. The average Bonchev–Trinajstić information content (AvgIpc) is 1.68. The number of aliphatic hydroxyl groups excluding tert-OH is 1. The molecule has 0 aliphatic heterocycles. The van der Waals surface area contributed by atoms with Crippen molar-refractivity contribution in [3.8, 4) is 0 Å². The molecule has 0 bridgehead atoms. The van der Waals surface area contributed by atoms with Crippen LogP contribution in [0.3, 0.4) is 0 Å². The quantitative estimate of drug-likeness (QED) is 0.0222. The number of unbranched alkanes of at least 4 members (excludes halogenated alkanes) is 46. The van der Waals surface area contributed by atoms with E-state index < -0.39 is 97.5 Å². The molecule has 0 aromatic heterocycles. The van der Waals surface area contributed by atoms with Crippen LogP contribution in [0.1, 0.15) is 408 Å². The molecule has 0 fully saturated rings. The Balaban J connectivity index is 5.25. The molecule has 0 aromatic rings. The number of rotatable bonds is 77. The highest BCUT2D eigenvalue weighted by atomic mass is 31.2. The van der Waals surface area contributed by atoms with Gasteiger partial charge < -0.3 is 33.8 Å². The van der Waals surface area contributed by atoms with E-state index in [1.54, 1.807) is 0 Å². The minimum Gasteiger partial charge on any atom is -0.462 e. The number of phosphoric ester groups is 2. The van der Waals surface area contributed by atoms with Crippen LogP contribution in [-0.2, 0) is 65.4 Å². The summed E-state index contributed by atoms with van der Waals surface area (Å²) in [5.74, 6) is -0.527. The van der Waals surface area contributed by atoms with E-state index >= 15 is 0 Å². The fourth-order valence-corrected chi connectivity index (χ4v) is 13.6. The Morgan fingerprint density at radius 1 is 0.299 bits per heavy atom. The maximum Gasteiger partial charge on any atom is 0.472 e. The molecule has 0 saturated heterocycles. The van der Waals surface area contributed by atoms with Gasteiger partial charge in [-0.2, -0.15) is 0 Å². The predicted octanol–water partition coefficient (Wildman–Crippen LogP) is 23.1. The number of hydrogen-bond acceptors (Lipinski definition) is 15. The van der Waals surface area contributed by atoms with Gasteiger partial charge in [0.2, 0.25) is 0 Å². The summed E-state index contributed by atoms with van der Waals surface area (Å²) >= 11 is 0. The topological polar surface area (TPSA) is 237 Å². The molecular formula is C78H152O17P2. The van der Waals surface area contributed by atoms with E-state index in [0.29, 0.717) is 25.7 Å². The number of carbonyl (C=O) groups excluding carboxylic acids is 4. The Morgan fingerprint density at radius 2 is 0.526 bits per heavy atom. The van der Waals surface area contributed by atoms with Crippen LogP contribution in [0, 0.1) is 11.8 Å². The number of phosphoric acid groups is 2. The van der Waals surface area contributed by atoms with Crippen LogP contribution < -0.4 is 0 Å². The molecule has 19 heteroatoms. The Morgan fingerprint density at radius 3 is 0.784 bits per heavy atom. The lowest BCUT2D eigenvalue weighted by atomic mass is 9.99. The van der Waals surface area contributed by atoms with Crippen LogP contribution in [-0.4, -0.2) is 96.7 Å². The van der Waals surface area contributed by atoms with E-state index in [1.807, 2.05) is 0 Å². The molecule has 0 heterocycles. The van der Waals surface area contributed by atoms with Crippen LogP contribution in [0.25, 0.3) is 0 Å². The van der Waals surface area contributed by atoms with Crippen LogP contribution in [0.4, 0.5) is 0 Å². The van der Waals surface area contributed by atoms with Gasteiger partial charge in [0.1, 0.15) is 19.3 Å². The van der Waals surface area contributed by atoms with Crippen molar-refractivity contribution in [1.29, 1.82) is 0 Å². The van der Waals surface area contributed by atoms with E-state index in [9.17, 15) is 43.2 Å². The van der Waals surface area contributed by atoms with Crippen molar-refractivity contribution in [2.75, 3.05) is 39.6 Å². The van der Waals surface area contributed by atoms with Gasteiger partial charge in [0.25, 0.3) is 0 Å². The Labute approximate surface area is 594 Å². The second-order valence-corrected chi connectivity index (χ2v) is 31.7. The molecule has 17 nitrogen and oxygen atoms in total. The van der Waals surface area contributed by atoms with Gasteiger partial charge in [-0.25, -0.2) is 9.13 Å². The third-order valence-electron chi connectivity index (χ3n) is 18.6. The lowest BCUT2D eigenvalue weighted by molar-refractivity contribution is -0.161. The number of carbonyl (C=O) groups is 4. The molecule has 0 rings (SSSR count). The molecule has 6 atom stereocenters. The highest BCUT2D eigenvalue weighted by Gasteiger charge is 2.30. The van der Waals surface area contributed by atoms with Crippen LogP contribution >= 0.6 is 15.6 Å². The zero-order valence-corrected chi connectivity index (χ0v) is 65.2. The van der Waals surface area contributed by atoms with Crippen LogP contribution in [0.15, 0.2) is 0 Å². The van der Waals surface area contributed by atoms with E-state index in [2.05, 4.69) is 41.5 Å². The largest absolute Gasteiger partial charge is 0.472 e. The fraction of sp³-hybridized carbons (Fsp3) is 0.949. The van der Waals surface area contributed by atoms with Crippen molar-refractivity contribution >= 4 is 39.5 Å². The van der Waals surface area contributed by atoms with Crippen molar-refractivity contribution in [2.45, 2.75) is 426 Å². The molecule has 576 valence electrons. The standard InChI is InChI=1S/C78H152O17P2/c1-7-10-12-14-16-18-20-21-22-23-24-25-26-31-38-44-50-56-62-77(82)94-74(67-89-76(81)61-55-49-43-37-30-28-27-29-34-40-46-52-58-70(4)5)69-93-97(86,87)91-65-72(79)64-90-96(84,85)92-68-73(66-88-75(80)60-54-48-42-36-19-17-15-13-11-8-2)95-78(83)63-57-51-45-39-33-32-35-41-47-53-59-71(6)9-3/h70-74,79H,7-69H2,1-6H3,(H,84,85)(H,86,87)/t71?,72-,73+,74+/m0/s1. The predicted molar refractivity (Wildman–Crippen MR) is 395 cm³/mol. The molecule has 0 amide bonds. The van der Waals surface area contributed by atoms with Gasteiger partial charge in [0.15, 0.2) is 12.2 Å². The maximum absolute atomic E-state index is 13.1. The highest BCUT2D eigenvalue weighted by Crippen LogP contribution is 2.45. The summed E-state index contributed by atoms with van der Waals surface area (Å²) in [6.45, 7) is 9.64. The van der Waals surface area contributed by atoms with Gasteiger partial charge in [0, 0.05) is 25.7 Å². The minimum atomic E-state index is -4.96. The first-order valence-corrected chi connectivity index (χ1v) is 43.5. The smallest absolute Gasteiger partial charge is 0.462 e. The number of esters is 4. The molecule has 3 N–H and O–H groups in total. The lowest BCUT2D eigenvalue weighted by Gasteiger charge is -2.21. The molecule has 0 aliphatic carbocycles. The molecule has 0 aliphatic rings. The average molecular weight is 1420 g/mol. The third kappa shape index (κ3) is 70.9.